The third kappa shape index (κ3) is 6.72. The number of allylic oxidation sites excluding steroid dienone is 1. The number of furan rings is 1. The number of hydrogen-bond donors (Lipinski definition) is 2. The summed E-state index contributed by atoms with van der Waals surface area (Å²) >= 11 is 0. The van der Waals surface area contributed by atoms with Crippen LogP contribution < -0.4 is 10.6 Å². The van der Waals surface area contributed by atoms with E-state index >= 15 is 0 Å². The minimum absolute atomic E-state index is 0.0644. The lowest BCUT2D eigenvalue weighted by molar-refractivity contribution is -0.126. The summed E-state index contributed by atoms with van der Waals surface area (Å²) in [6.45, 7) is 2.89. The molecule has 0 spiro atoms. The molecule has 1 aromatic rings. The molecule has 5 heteroatoms. The third-order valence-electron chi connectivity index (χ3n) is 3.99. The SMILES string of the molecule is Cc1ccc(CNC(=O)CCC(=O)NCCC2=CCCCC2)o1. The molecule has 1 aliphatic rings. The van der Waals surface area contributed by atoms with E-state index < -0.39 is 0 Å². The van der Waals surface area contributed by atoms with Gasteiger partial charge in [-0.05, 0) is 51.2 Å². The largest absolute Gasteiger partial charge is 0.465 e. The fourth-order valence-corrected chi connectivity index (χ4v) is 2.66. The Labute approximate surface area is 137 Å². The highest BCUT2D eigenvalue weighted by Gasteiger charge is 2.08. The number of carbonyl (C=O) groups is 2. The number of carbonyl (C=O) groups excluding carboxylic acids is 2. The average molecular weight is 318 g/mol. The second-order valence-electron chi connectivity index (χ2n) is 6.00. The summed E-state index contributed by atoms with van der Waals surface area (Å²) in [5, 5.41) is 5.64. The molecule has 5 nitrogen and oxygen atoms in total. The molecule has 0 atom stereocenters. The van der Waals surface area contributed by atoms with Crippen molar-refractivity contribution in [2.24, 2.45) is 0 Å². The van der Waals surface area contributed by atoms with Gasteiger partial charge in [-0.3, -0.25) is 9.59 Å². The maximum atomic E-state index is 11.7. The van der Waals surface area contributed by atoms with Crippen molar-refractivity contribution < 1.29 is 14.0 Å². The van der Waals surface area contributed by atoms with E-state index in [0.29, 0.717) is 13.1 Å². The normalized spacial score (nSPS) is 14.2. The molecule has 126 valence electrons. The zero-order valence-electron chi connectivity index (χ0n) is 13.8. The second-order valence-corrected chi connectivity index (χ2v) is 6.00. The van der Waals surface area contributed by atoms with Crippen molar-refractivity contribution in [2.45, 2.75) is 58.4 Å². The van der Waals surface area contributed by atoms with Crippen LogP contribution in [0.4, 0.5) is 0 Å². The van der Waals surface area contributed by atoms with Crippen LogP contribution in [-0.2, 0) is 16.1 Å². The van der Waals surface area contributed by atoms with Gasteiger partial charge in [-0.25, -0.2) is 0 Å². The highest BCUT2D eigenvalue weighted by Crippen LogP contribution is 2.19. The van der Waals surface area contributed by atoms with Gasteiger partial charge in [0.1, 0.15) is 11.5 Å². The van der Waals surface area contributed by atoms with Gasteiger partial charge in [0.2, 0.25) is 11.8 Å². The van der Waals surface area contributed by atoms with Crippen LogP contribution in [0.15, 0.2) is 28.2 Å². The van der Waals surface area contributed by atoms with E-state index in [2.05, 4.69) is 16.7 Å². The van der Waals surface area contributed by atoms with Crippen LogP contribution in [0, 0.1) is 6.92 Å². The fraction of sp³-hybridized carbons (Fsp3) is 0.556. The Kier molecular flexibility index (Phi) is 6.91. The van der Waals surface area contributed by atoms with Gasteiger partial charge in [0, 0.05) is 19.4 Å². The Morgan fingerprint density at radius 3 is 2.57 bits per heavy atom. The lowest BCUT2D eigenvalue weighted by atomic mass is 9.97. The topological polar surface area (TPSA) is 71.3 Å². The van der Waals surface area contributed by atoms with Gasteiger partial charge in [0.15, 0.2) is 0 Å². The molecular weight excluding hydrogens is 292 g/mol. The van der Waals surface area contributed by atoms with E-state index in [1.165, 1.54) is 24.8 Å². The van der Waals surface area contributed by atoms with Gasteiger partial charge in [-0.2, -0.15) is 0 Å². The van der Waals surface area contributed by atoms with Crippen molar-refractivity contribution in [3.05, 3.63) is 35.3 Å². The third-order valence-corrected chi connectivity index (χ3v) is 3.99. The molecule has 1 heterocycles. The number of nitrogens with one attached hydrogen (secondary N) is 2. The van der Waals surface area contributed by atoms with Gasteiger partial charge in [0.25, 0.3) is 0 Å². The van der Waals surface area contributed by atoms with Gasteiger partial charge in [-0.1, -0.05) is 11.6 Å². The van der Waals surface area contributed by atoms with Gasteiger partial charge in [0.05, 0.1) is 6.54 Å². The average Bonchev–Trinajstić information content (AvgIpc) is 2.97. The first-order valence-corrected chi connectivity index (χ1v) is 8.40. The highest BCUT2D eigenvalue weighted by molar-refractivity contribution is 5.83. The molecule has 1 aromatic heterocycles. The Balaban J connectivity index is 1.54. The molecule has 0 aliphatic heterocycles. The van der Waals surface area contributed by atoms with Crippen molar-refractivity contribution in [3.63, 3.8) is 0 Å². The molecule has 2 rings (SSSR count). The Morgan fingerprint density at radius 2 is 1.91 bits per heavy atom. The number of rotatable bonds is 8. The number of amides is 2. The first-order valence-electron chi connectivity index (χ1n) is 8.40. The number of aryl methyl sites for hydroxylation is 1. The van der Waals surface area contributed by atoms with E-state index in [-0.39, 0.29) is 24.7 Å². The zero-order valence-corrected chi connectivity index (χ0v) is 13.8. The molecule has 0 unspecified atom stereocenters. The molecule has 0 radical (unpaired) electrons. The second kappa shape index (κ2) is 9.18. The Morgan fingerprint density at radius 1 is 1.13 bits per heavy atom. The van der Waals surface area contributed by atoms with E-state index in [4.69, 9.17) is 4.42 Å². The summed E-state index contributed by atoms with van der Waals surface area (Å²) in [6.07, 6.45) is 8.51. The standard InChI is InChI=1S/C18H26N2O3/c1-14-7-8-16(23-14)13-20-18(22)10-9-17(21)19-12-11-15-5-3-2-4-6-15/h5,7-8H,2-4,6,9-13H2,1H3,(H,19,21)(H,20,22). The summed E-state index contributed by atoms with van der Waals surface area (Å²) in [4.78, 5) is 23.4. The Bertz CT molecular complexity index is 560. The molecule has 2 N–H and O–H groups in total. The van der Waals surface area contributed by atoms with Gasteiger partial charge < -0.3 is 15.1 Å². The molecule has 0 saturated heterocycles. The lowest BCUT2D eigenvalue weighted by Gasteiger charge is -2.12. The van der Waals surface area contributed by atoms with Crippen molar-refractivity contribution in [1.29, 1.82) is 0 Å². The molecule has 0 bridgehead atoms. The van der Waals surface area contributed by atoms with Crippen LogP contribution in [0.25, 0.3) is 0 Å². The molecule has 0 aromatic carbocycles. The van der Waals surface area contributed by atoms with Crippen molar-refractivity contribution in [1.82, 2.24) is 10.6 Å². The van der Waals surface area contributed by atoms with Crippen LogP contribution in [0.1, 0.15) is 56.5 Å². The molecule has 0 fully saturated rings. The maximum absolute atomic E-state index is 11.7. The van der Waals surface area contributed by atoms with Crippen molar-refractivity contribution >= 4 is 11.8 Å². The summed E-state index contributed by atoms with van der Waals surface area (Å²) < 4.78 is 5.37. The lowest BCUT2D eigenvalue weighted by Crippen LogP contribution is -2.28. The van der Waals surface area contributed by atoms with Crippen LogP contribution in [0.5, 0.6) is 0 Å². The molecule has 0 saturated carbocycles. The van der Waals surface area contributed by atoms with Crippen molar-refractivity contribution in [2.75, 3.05) is 6.54 Å². The van der Waals surface area contributed by atoms with E-state index in [1.54, 1.807) is 0 Å². The van der Waals surface area contributed by atoms with Gasteiger partial charge in [-0.15, -0.1) is 0 Å². The van der Waals surface area contributed by atoms with Crippen LogP contribution in [0.2, 0.25) is 0 Å². The first-order chi connectivity index (χ1) is 11.1. The summed E-state index contributed by atoms with van der Waals surface area (Å²) in [5.41, 5.74) is 1.45. The van der Waals surface area contributed by atoms with Crippen LogP contribution in [-0.4, -0.2) is 18.4 Å². The fourth-order valence-electron chi connectivity index (χ4n) is 2.66. The predicted molar refractivity (Wildman–Crippen MR) is 88.7 cm³/mol. The molecule has 23 heavy (non-hydrogen) atoms. The quantitative estimate of drug-likeness (QED) is 0.724. The van der Waals surface area contributed by atoms with E-state index in [0.717, 1.165) is 24.4 Å². The summed E-state index contributed by atoms with van der Waals surface area (Å²) in [6, 6.07) is 3.69. The molecule has 2 amide bonds. The number of hydrogen-bond acceptors (Lipinski definition) is 3. The summed E-state index contributed by atoms with van der Waals surface area (Å²) in [7, 11) is 0. The molecule has 1 aliphatic carbocycles. The minimum Gasteiger partial charge on any atom is -0.465 e. The summed E-state index contributed by atoms with van der Waals surface area (Å²) in [5.74, 6) is 1.34. The molecular formula is C18H26N2O3. The highest BCUT2D eigenvalue weighted by atomic mass is 16.3. The van der Waals surface area contributed by atoms with E-state index in [1.807, 2.05) is 19.1 Å². The predicted octanol–water partition coefficient (Wildman–Crippen LogP) is 2.99. The maximum Gasteiger partial charge on any atom is 0.220 e. The monoisotopic (exact) mass is 318 g/mol. The Hall–Kier alpha value is -2.04. The van der Waals surface area contributed by atoms with Gasteiger partial charge >= 0.3 is 0 Å². The van der Waals surface area contributed by atoms with Crippen LogP contribution in [0.3, 0.4) is 0 Å². The zero-order chi connectivity index (χ0) is 16.5. The smallest absolute Gasteiger partial charge is 0.220 e. The first kappa shape index (κ1) is 17.3. The van der Waals surface area contributed by atoms with E-state index in [9.17, 15) is 9.59 Å². The minimum atomic E-state index is -0.135. The van der Waals surface area contributed by atoms with Crippen molar-refractivity contribution in [3.8, 4) is 0 Å². The van der Waals surface area contributed by atoms with Crippen LogP contribution >= 0.6 is 0 Å².